The van der Waals surface area contributed by atoms with E-state index in [1.54, 1.807) is 0 Å². The number of alkyl halides is 3. The Hall–Kier alpha value is -2.58. The van der Waals surface area contributed by atoms with Crippen molar-refractivity contribution in [2.45, 2.75) is 32.0 Å². The second kappa shape index (κ2) is 9.21. The molecule has 2 atom stereocenters. The third-order valence-electron chi connectivity index (χ3n) is 3.63. The third-order valence-corrected chi connectivity index (χ3v) is 3.63. The first-order valence-corrected chi connectivity index (χ1v) is 7.69. The molecule has 0 aliphatic carbocycles. The summed E-state index contributed by atoms with van der Waals surface area (Å²) in [5.41, 5.74) is -0.728. The van der Waals surface area contributed by atoms with Gasteiger partial charge in [0, 0.05) is 0 Å². The van der Waals surface area contributed by atoms with Gasteiger partial charge in [-0.1, -0.05) is 25.1 Å². The minimum absolute atomic E-state index is 0.0618. The van der Waals surface area contributed by atoms with Gasteiger partial charge in [0.2, 0.25) is 5.91 Å². The smallest absolute Gasteiger partial charge is 0.416 e. The van der Waals surface area contributed by atoms with E-state index in [1.807, 2.05) is 0 Å². The molecule has 0 heterocycles. The highest BCUT2D eigenvalue weighted by molar-refractivity contribution is 5.86. The van der Waals surface area contributed by atoms with Crippen molar-refractivity contribution in [2.75, 3.05) is 14.2 Å². The van der Waals surface area contributed by atoms with Crippen molar-refractivity contribution < 1.29 is 37.0 Å². The number of carbonyl (C=O) groups is 3. The Bertz CT molecular complexity index is 660. The van der Waals surface area contributed by atoms with E-state index < -0.39 is 41.5 Å². The van der Waals surface area contributed by atoms with Crippen LogP contribution in [0.4, 0.5) is 13.2 Å². The third kappa shape index (κ3) is 6.38. The molecule has 0 fully saturated rings. The fourth-order valence-corrected chi connectivity index (χ4v) is 2.30. The molecule has 1 amide bonds. The number of halogens is 3. The van der Waals surface area contributed by atoms with E-state index in [0.29, 0.717) is 0 Å². The molecular weight excluding hydrogens is 355 g/mol. The average molecular weight is 375 g/mol. The summed E-state index contributed by atoms with van der Waals surface area (Å²) in [6, 6.07) is 3.22. The zero-order valence-electron chi connectivity index (χ0n) is 14.6. The van der Waals surface area contributed by atoms with Crippen molar-refractivity contribution in [3.8, 4) is 0 Å². The van der Waals surface area contributed by atoms with Gasteiger partial charge in [0.1, 0.15) is 6.04 Å². The Morgan fingerprint density at radius 2 is 1.73 bits per heavy atom. The minimum Gasteiger partial charge on any atom is -0.469 e. The second-order valence-corrected chi connectivity index (χ2v) is 5.68. The highest BCUT2D eigenvalue weighted by atomic mass is 19.4. The normalized spacial score (nSPS) is 13.5. The lowest BCUT2D eigenvalue weighted by Gasteiger charge is -2.19. The van der Waals surface area contributed by atoms with Crippen LogP contribution in [-0.4, -0.2) is 38.1 Å². The van der Waals surface area contributed by atoms with Crippen molar-refractivity contribution in [2.24, 2.45) is 5.92 Å². The van der Waals surface area contributed by atoms with Crippen LogP contribution in [0.5, 0.6) is 0 Å². The summed E-state index contributed by atoms with van der Waals surface area (Å²) in [4.78, 5) is 35.4. The number of rotatable bonds is 7. The summed E-state index contributed by atoms with van der Waals surface area (Å²) < 4.78 is 47.3. The zero-order chi connectivity index (χ0) is 19.9. The Labute approximate surface area is 148 Å². The van der Waals surface area contributed by atoms with Gasteiger partial charge in [-0.25, -0.2) is 4.79 Å². The summed E-state index contributed by atoms with van der Waals surface area (Å²) in [5.74, 6) is -2.68. The molecule has 0 aliphatic rings. The van der Waals surface area contributed by atoms with Crippen molar-refractivity contribution in [1.29, 1.82) is 0 Å². The Balaban J connectivity index is 2.81. The Kier molecular flexibility index (Phi) is 7.60. The summed E-state index contributed by atoms with van der Waals surface area (Å²) in [7, 11) is 2.31. The first-order valence-electron chi connectivity index (χ1n) is 7.69. The Morgan fingerprint density at radius 3 is 2.27 bits per heavy atom. The molecule has 0 saturated heterocycles. The lowest BCUT2D eigenvalue weighted by atomic mass is 10.0. The maximum atomic E-state index is 12.7. The van der Waals surface area contributed by atoms with E-state index >= 15 is 0 Å². The van der Waals surface area contributed by atoms with E-state index in [2.05, 4.69) is 14.8 Å². The number of ether oxygens (including phenoxy) is 2. The highest BCUT2D eigenvalue weighted by Crippen LogP contribution is 2.29. The standard InChI is InChI=1S/C17H20F3NO5/c1-10(15(23)25-2)7-13(16(24)26-3)21-14(22)9-11-5-4-6-12(8-11)17(18,19)20/h4-6,8,10,13H,7,9H2,1-3H3,(H,21,22)/t10-,13+/m1/s1. The van der Waals surface area contributed by atoms with Gasteiger partial charge in [-0.2, -0.15) is 13.2 Å². The molecular formula is C17H20F3NO5. The summed E-state index contributed by atoms with van der Waals surface area (Å²) in [5, 5.41) is 2.38. The first kappa shape index (κ1) is 21.5. The van der Waals surface area contributed by atoms with Gasteiger partial charge in [-0.15, -0.1) is 0 Å². The number of amides is 1. The largest absolute Gasteiger partial charge is 0.469 e. The number of carbonyl (C=O) groups excluding carboxylic acids is 3. The van der Waals surface area contributed by atoms with Crippen LogP contribution in [-0.2, 0) is 36.5 Å². The molecule has 0 radical (unpaired) electrons. The highest BCUT2D eigenvalue weighted by Gasteiger charge is 2.31. The van der Waals surface area contributed by atoms with Crippen LogP contribution in [0.25, 0.3) is 0 Å². The first-order chi connectivity index (χ1) is 12.1. The number of methoxy groups -OCH3 is 2. The molecule has 6 nitrogen and oxygen atoms in total. The molecule has 1 aromatic rings. The topological polar surface area (TPSA) is 81.7 Å². The lowest BCUT2D eigenvalue weighted by Crippen LogP contribution is -2.44. The van der Waals surface area contributed by atoms with Crippen molar-refractivity contribution in [3.63, 3.8) is 0 Å². The van der Waals surface area contributed by atoms with Gasteiger partial charge in [0.15, 0.2) is 0 Å². The van der Waals surface area contributed by atoms with Crippen molar-refractivity contribution in [3.05, 3.63) is 35.4 Å². The Morgan fingerprint density at radius 1 is 1.12 bits per heavy atom. The average Bonchev–Trinajstić information content (AvgIpc) is 2.58. The van der Waals surface area contributed by atoms with Crippen LogP contribution < -0.4 is 5.32 Å². The quantitative estimate of drug-likeness (QED) is 0.738. The summed E-state index contributed by atoms with van der Waals surface area (Å²) in [6.45, 7) is 1.51. The lowest BCUT2D eigenvalue weighted by molar-refractivity contribution is -0.148. The zero-order valence-corrected chi connectivity index (χ0v) is 14.6. The van der Waals surface area contributed by atoms with Crippen LogP contribution in [0.1, 0.15) is 24.5 Å². The summed E-state index contributed by atoms with van der Waals surface area (Å²) >= 11 is 0. The molecule has 0 bridgehead atoms. The van der Waals surface area contributed by atoms with E-state index in [-0.39, 0.29) is 18.4 Å². The minimum atomic E-state index is -4.52. The predicted octanol–water partition coefficient (Wildman–Crippen LogP) is 2.10. The van der Waals surface area contributed by atoms with Crippen LogP contribution >= 0.6 is 0 Å². The molecule has 1 rings (SSSR count). The van der Waals surface area contributed by atoms with E-state index in [4.69, 9.17) is 0 Å². The number of benzene rings is 1. The molecule has 9 heteroatoms. The number of nitrogens with one attached hydrogen (secondary N) is 1. The fraction of sp³-hybridized carbons (Fsp3) is 0.471. The number of esters is 2. The van der Waals surface area contributed by atoms with Crippen LogP contribution in [0.3, 0.4) is 0 Å². The molecule has 0 spiro atoms. The monoisotopic (exact) mass is 375 g/mol. The second-order valence-electron chi connectivity index (χ2n) is 5.68. The molecule has 0 saturated carbocycles. The van der Waals surface area contributed by atoms with E-state index in [1.165, 1.54) is 26.2 Å². The van der Waals surface area contributed by atoms with Gasteiger partial charge >= 0.3 is 18.1 Å². The van der Waals surface area contributed by atoms with Crippen molar-refractivity contribution >= 4 is 17.8 Å². The molecule has 26 heavy (non-hydrogen) atoms. The van der Waals surface area contributed by atoms with E-state index in [0.717, 1.165) is 19.2 Å². The van der Waals surface area contributed by atoms with Crippen LogP contribution in [0, 0.1) is 5.92 Å². The van der Waals surface area contributed by atoms with Gasteiger partial charge in [-0.3, -0.25) is 9.59 Å². The molecule has 1 N–H and O–H groups in total. The fourth-order valence-electron chi connectivity index (χ4n) is 2.30. The predicted molar refractivity (Wildman–Crippen MR) is 84.9 cm³/mol. The summed E-state index contributed by atoms with van der Waals surface area (Å²) in [6.07, 6.45) is -4.94. The van der Waals surface area contributed by atoms with Crippen LogP contribution in [0.15, 0.2) is 24.3 Å². The van der Waals surface area contributed by atoms with E-state index in [9.17, 15) is 27.6 Å². The molecule has 0 unspecified atom stereocenters. The molecule has 0 aliphatic heterocycles. The molecule has 0 aromatic heterocycles. The maximum absolute atomic E-state index is 12.7. The SMILES string of the molecule is COC(=O)[C@H](C)C[C@H](NC(=O)Cc1cccc(C(F)(F)F)c1)C(=O)OC. The van der Waals surface area contributed by atoms with Crippen molar-refractivity contribution in [1.82, 2.24) is 5.32 Å². The van der Waals surface area contributed by atoms with Gasteiger partial charge in [0.25, 0.3) is 0 Å². The van der Waals surface area contributed by atoms with Gasteiger partial charge in [0.05, 0.1) is 32.1 Å². The number of hydrogen-bond donors (Lipinski definition) is 1. The van der Waals surface area contributed by atoms with Crippen LogP contribution in [0.2, 0.25) is 0 Å². The van der Waals surface area contributed by atoms with Gasteiger partial charge < -0.3 is 14.8 Å². The molecule has 1 aromatic carbocycles. The maximum Gasteiger partial charge on any atom is 0.416 e. The molecule has 144 valence electrons. The van der Waals surface area contributed by atoms with Gasteiger partial charge in [-0.05, 0) is 18.1 Å². The number of hydrogen-bond acceptors (Lipinski definition) is 5.